The number of benzene rings is 2. The predicted molar refractivity (Wildman–Crippen MR) is 155 cm³/mol. The second kappa shape index (κ2) is 12.8. The summed E-state index contributed by atoms with van der Waals surface area (Å²) >= 11 is 0. The molecule has 212 valence electrons. The van der Waals surface area contributed by atoms with E-state index in [1.807, 2.05) is 27.7 Å². The number of hydrogen-bond donors (Lipinski definition) is 7. The lowest BCUT2D eigenvalue weighted by Crippen LogP contribution is -2.35. The van der Waals surface area contributed by atoms with Gasteiger partial charge in [-0.05, 0) is 63.1 Å². The number of aromatic nitrogens is 2. The fourth-order valence-electron chi connectivity index (χ4n) is 3.90. The summed E-state index contributed by atoms with van der Waals surface area (Å²) in [5, 5.41) is 26.2. The van der Waals surface area contributed by atoms with Crippen LogP contribution in [0.3, 0.4) is 0 Å². The number of nitrogens with two attached hydrogens (primary N) is 2. The van der Waals surface area contributed by atoms with Crippen molar-refractivity contribution in [2.75, 3.05) is 11.1 Å². The molecule has 0 fully saturated rings. The first-order valence-corrected chi connectivity index (χ1v) is 12.9. The van der Waals surface area contributed by atoms with Gasteiger partial charge in [0.2, 0.25) is 5.91 Å². The van der Waals surface area contributed by atoms with Gasteiger partial charge >= 0.3 is 0 Å². The molecule has 2 aromatic carbocycles. The van der Waals surface area contributed by atoms with Crippen molar-refractivity contribution in [3.05, 3.63) is 69.6 Å². The number of rotatable bonds is 11. The van der Waals surface area contributed by atoms with Gasteiger partial charge in [0.05, 0.1) is 17.5 Å². The van der Waals surface area contributed by atoms with Crippen LogP contribution in [0, 0.1) is 5.41 Å². The Hall–Kier alpha value is -4.87. The van der Waals surface area contributed by atoms with Gasteiger partial charge in [-0.15, -0.1) is 0 Å². The summed E-state index contributed by atoms with van der Waals surface area (Å²) in [6.07, 6.45) is 2.22. The van der Waals surface area contributed by atoms with Crippen LogP contribution < -0.4 is 33.0 Å². The van der Waals surface area contributed by atoms with Crippen molar-refractivity contribution in [1.82, 2.24) is 20.2 Å². The van der Waals surface area contributed by atoms with E-state index in [0.717, 1.165) is 6.42 Å². The van der Waals surface area contributed by atoms with Gasteiger partial charge in [-0.2, -0.15) is 0 Å². The van der Waals surface area contributed by atoms with Gasteiger partial charge in [0.25, 0.3) is 11.5 Å². The molecule has 0 saturated carbocycles. The highest BCUT2D eigenvalue weighted by Crippen LogP contribution is 2.24. The Balaban J connectivity index is 1.95. The van der Waals surface area contributed by atoms with Crippen molar-refractivity contribution in [3.8, 4) is 17.0 Å². The number of anilines is 2. The molecule has 12 heteroatoms. The molecule has 0 spiro atoms. The Morgan fingerprint density at radius 3 is 2.50 bits per heavy atom. The minimum atomic E-state index is -0.516. The topological polar surface area (TPSA) is 201 Å². The summed E-state index contributed by atoms with van der Waals surface area (Å²) in [6, 6.07) is 9.17. The van der Waals surface area contributed by atoms with Gasteiger partial charge in [0.1, 0.15) is 18.1 Å². The largest absolute Gasteiger partial charge is 0.507 e. The fraction of sp³-hybridized carbons (Fsp3) is 0.321. The summed E-state index contributed by atoms with van der Waals surface area (Å²) in [7, 11) is 0. The summed E-state index contributed by atoms with van der Waals surface area (Å²) in [6.45, 7) is 7.30. The normalized spacial score (nSPS) is 11.6. The second-order valence-corrected chi connectivity index (χ2v) is 9.85. The van der Waals surface area contributed by atoms with Crippen molar-refractivity contribution in [3.63, 3.8) is 0 Å². The summed E-state index contributed by atoms with van der Waals surface area (Å²) < 4.78 is 1.27. The van der Waals surface area contributed by atoms with Crippen LogP contribution in [0.15, 0.2) is 47.4 Å². The number of phenolic OH excluding ortho intramolecular Hbond substituents is 1. The van der Waals surface area contributed by atoms with Crippen LogP contribution in [0.2, 0.25) is 0 Å². The number of carbonyl (C=O) groups is 2. The molecule has 3 aromatic rings. The molecule has 0 aliphatic rings. The SMILES string of the molecule is CC[C@H](C)NC(=O)c1cc(N)cc(-c2cnc(NC(C)C)c(=O)n2CC(=O)NCc2ccc(C(=N)N)c(O)c2)c1. The van der Waals surface area contributed by atoms with Gasteiger partial charge in [-0.1, -0.05) is 13.0 Å². The molecule has 3 rings (SSSR count). The number of nitrogen functional groups attached to an aromatic ring is 2. The average Bonchev–Trinajstić information content (AvgIpc) is 2.88. The number of amidine groups is 1. The minimum Gasteiger partial charge on any atom is -0.507 e. The lowest BCUT2D eigenvalue weighted by molar-refractivity contribution is -0.121. The van der Waals surface area contributed by atoms with Crippen LogP contribution in [-0.4, -0.2) is 44.4 Å². The molecule has 0 aliphatic carbocycles. The highest BCUT2D eigenvalue weighted by molar-refractivity contribution is 5.97. The highest BCUT2D eigenvalue weighted by Gasteiger charge is 2.18. The zero-order chi connectivity index (χ0) is 29.6. The number of amides is 2. The third-order valence-corrected chi connectivity index (χ3v) is 6.13. The molecule has 0 bridgehead atoms. The van der Waals surface area contributed by atoms with E-state index in [2.05, 4.69) is 20.9 Å². The standard InChI is InChI=1S/C28H36N8O4/c1-5-16(4)35-27(39)19-9-18(10-20(29)11-19)22-13-33-26(34-15(2)3)28(40)36(22)14-24(38)32-12-17-6-7-21(25(30)31)23(37)8-17/h6-11,13,15-16,37H,5,12,14,29H2,1-4H3,(H3,30,31)(H,32,38)(H,33,34)(H,35,39)/t16-/m0/s1. The first kappa shape index (κ1) is 29.7. The lowest BCUT2D eigenvalue weighted by atomic mass is 10.1. The Kier molecular flexibility index (Phi) is 9.49. The van der Waals surface area contributed by atoms with E-state index in [4.69, 9.17) is 16.9 Å². The average molecular weight is 549 g/mol. The summed E-state index contributed by atoms with van der Waals surface area (Å²) in [5.74, 6) is -1.15. The third-order valence-electron chi connectivity index (χ3n) is 6.13. The van der Waals surface area contributed by atoms with E-state index in [0.29, 0.717) is 28.1 Å². The van der Waals surface area contributed by atoms with E-state index in [-0.39, 0.29) is 54.0 Å². The molecule has 12 nitrogen and oxygen atoms in total. The van der Waals surface area contributed by atoms with E-state index in [9.17, 15) is 19.5 Å². The maximum atomic E-state index is 13.4. The number of nitrogens with one attached hydrogen (secondary N) is 4. The molecule has 0 unspecified atom stereocenters. The van der Waals surface area contributed by atoms with Crippen molar-refractivity contribution in [1.29, 1.82) is 5.41 Å². The Labute approximate surface area is 232 Å². The zero-order valence-electron chi connectivity index (χ0n) is 23.0. The second-order valence-electron chi connectivity index (χ2n) is 9.85. The molecule has 40 heavy (non-hydrogen) atoms. The van der Waals surface area contributed by atoms with E-state index in [1.165, 1.54) is 22.9 Å². The molecule has 1 aromatic heterocycles. The van der Waals surface area contributed by atoms with E-state index in [1.54, 1.807) is 24.3 Å². The van der Waals surface area contributed by atoms with Gasteiger partial charge in [-0.25, -0.2) is 4.98 Å². The lowest BCUT2D eigenvalue weighted by Gasteiger charge is -2.17. The number of aromatic hydroxyl groups is 1. The van der Waals surface area contributed by atoms with Crippen LogP contribution in [0.5, 0.6) is 5.75 Å². The van der Waals surface area contributed by atoms with Crippen molar-refractivity contribution >= 4 is 29.2 Å². The molecule has 0 radical (unpaired) electrons. The maximum Gasteiger partial charge on any atom is 0.294 e. The van der Waals surface area contributed by atoms with E-state index < -0.39 is 11.5 Å². The van der Waals surface area contributed by atoms with Gasteiger partial charge < -0.3 is 32.5 Å². The molecule has 1 atom stereocenters. The number of phenols is 1. The van der Waals surface area contributed by atoms with Crippen LogP contribution >= 0.6 is 0 Å². The third kappa shape index (κ3) is 7.37. The number of carbonyl (C=O) groups excluding carboxylic acids is 2. The van der Waals surface area contributed by atoms with Crippen molar-refractivity contribution in [2.24, 2.45) is 5.73 Å². The molecule has 1 heterocycles. The highest BCUT2D eigenvalue weighted by atomic mass is 16.3. The predicted octanol–water partition coefficient (Wildman–Crippen LogP) is 2.15. The minimum absolute atomic E-state index is 0.0390. The molecule has 2 amide bonds. The summed E-state index contributed by atoms with van der Waals surface area (Å²) in [5.41, 5.74) is 13.2. The fourth-order valence-corrected chi connectivity index (χ4v) is 3.90. The van der Waals surface area contributed by atoms with Gasteiger partial charge in [-0.3, -0.25) is 24.4 Å². The molecule has 0 aliphatic heterocycles. The van der Waals surface area contributed by atoms with E-state index >= 15 is 0 Å². The Bertz CT molecular complexity index is 1480. The monoisotopic (exact) mass is 548 g/mol. The summed E-state index contributed by atoms with van der Waals surface area (Å²) in [4.78, 5) is 43.5. The molecular weight excluding hydrogens is 512 g/mol. The Morgan fingerprint density at radius 2 is 1.88 bits per heavy atom. The Morgan fingerprint density at radius 1 is 1.15 bits per heavy atom. The number of nitrogens with zero attached hydrogens (tertiary/aromatic N) is 2. The van der Waals surface area contributed by atoms with Crippen LogP contribution in [0.4, 0.5) is 11.5 Å². The first-order valence-electron chi connectivity index (χ1n) is 12.9. The van der Waals surface area contributed by atoms with Crippen LogP contribution in [0.1, 0.15) is 55.6 Å². The van der Waals surface area contributed by atoms with Gasteiger partial charge in [0.15, 0.2) is 5.82 Å². The zero-order valence-corrected chi connectivity index (χ0v) is 23.0. The molecule has 9 N–H and O–H groups in total. The van der Waals surface area contributed by atoms with Crippen LogP contribution in [0.25, 0.3) is 11.3 Å². The first-order chi connectivity index (χ1) is 18.9. The quantitative estimate of drug-likeness (QED) is 0.107. The van der Waals surface area contributed by atoms with Gasteiger partial charge in [0, 0.05) is 35.4 Å². The number of hydrogen-bond acceptors (Lipinski definition) is 8. The maximum absolute atomic E-state index is 13.4. The van der Waals surface area contributed by atoms with Crippen molar-refractivity contribution in [2.45, 2.75) is 59.3 Å². The molecular formula is C28H36N8O4. The van der Waals surface area contributed by atoms with Crippen LogP contribution in [-0.2, 0) is 17.9 Å². The molecule has 0 saturated heterocycles. The van der Waals surface area contributed by atoms with Crippen molar-refractivity contribution < 1.29 is 14.7 Å². The smallest absolute Gasteiger partial charge is 0.294 e.